The lowest BCUT2D eigenvalue weighted by atomic mass is 10.1. The van der Waals surface area contributed by atoms with Gasteiger partial charge in [-0.2, -0.15) is 0 Å². The van der Waals surface area contributed by atoms with Crippen molar-refractivity contribution in [1.29, 1.82) is 0 Å². The molecule has 0 bridgehead atoms. The molecule has 0 aliphatic heterocycles. The molecule has 110 valence electrons. The number of hydrogen-bond donors (Lipinski definition) is 1. The molecule has 0 spiro atoms. The van der Waals surface area contributed by atoms with Crippen molar-refractivity contribution in [3.8, 4) is 11.3 Å². The lowest BCUT2D eigenvalue weighted by Gasteiger charge is -2.04. The van der Waals surface area contributed by atoms with Crippen LogP contribution in [0.2, 0.25) is 0 Å². The third kappa shape index (κ3) is 2.41. The molecule has 7 nitrogen and oxygen atoms in total. The van der Waals surface area contributed by atoms with Crippen LogP contribution in [0.4, 0.5) is 5.82 Å². The summed E-state index contributed by atoms with van der Waals surface area (Å²) < 4.78 is 1.66. The summed E-state index contributed by atoms with van der Waals surface area (Å²) in [5.41, 5.74) is 2.52. The van der Waals surface area contributed by atoms with Crippen molar-refractivity contribution in [2.45, 2.75) is 12.8 Å². The van der Waals surface area contributed by atoms with Crippen LogP contribution >= 0.6 is 0 Å². The molecule has 1 aliphatic rings. The summed E-state index contributed by atoms with van der Waals surface area (Å²) in [6.45, 7) is 0. The molecule has 0 atom stereocenters. The summed E-state index contributed by atoms with van der Waals surface area (Å²) in [4.78, 5) is 11.8. The van der Waals surface area contributed by atoms with E-state index in [1.807, 2.05) is 37.5 Å². The van der Waals surface area contributed by atoms with Gasteiger partial charge in [0.15, 0.2) is 5.82 Å². The van der Waals surface area contributed by atoms with Crippen LogP contribution in [-0.4, -0.2) is 31.1 Å². The molecule has 1 fully saturated rings. The number of aromatic nitrogens is 5. The van der Waals surface area contributed by atoms with Gasteiger partial charge >= 0.3 is 0 Å². The minimum Gasteiger partial charge on any atom is -0.309 e. The second-order valence-corrected chi connectivity index (χ2v) is 5.54. The second kappa shape index (κ2) is 4.87. The summed E-state index contributed by atoms with van der Waals surface area (Å²) in [5, 5.41) is 20.0. The Hall–Kier alpha value is -2.83. The molecule has 2 aromatic heterocycles. The van der Waals surface area contributed by atoms with Crippen LogP contribution in [0.25, 0.3) is 22.2 Å². The number of fused-ring (bicyclic) bond motifs is 1. The van der Waals surface area contributed by atoms with Crippen LogP contribution < -0.4 is 5.32 Å². The van der Waals surface area contributed by atoms with Gasteiger partial charge in [-0.05, 0) is 31.0 Å². The van der Waals surface area contributed by atoms with Crippen molar-refractivity contribution in [1.82, 2.24) is 25.2 Å². The number of hydrogen-bond acceptors (Lipinski definition) is 5. The number of aryl methyl sites for hydroxylation is 1. The molecular formula is C15H14N6O. The number of carbonyl (C=O) groups excluding carboxylic acids is 1. The number of carbonyl (C=O) groups is 1. The van der Waals surface area contributed by atoms with E-state index in [2.05, 4.69) is 25.8 Å². The molecule has 2 heterocycles. The smallest absolute Gasteiger partial charge is 0.228 e. The molecule has 7 heteroatoms. The quantitative estimate of drug-likeness (QED) is 0.795. The molecule has 0 unspecified atom stereocenters. The van der Waals surface area contributed by atoms with E-state index in [1.165, 1.54) is 0 Å². The highest BCUT2D eigenvalue weighted by Crippen LogP contribution is 2.30. The van der Waals surface area contributed by atoms with Crippen LogP contribution in [0.1, 0.15) is 12.8 Å². The van der Waals surface area contributed by atoms with Crippen LogP contribution in [-0.2, 0) is 11.8 Å². The Morgan fingerprint density at radius 3 is 2.82 bits per heavy atom. The predicted molar refractivity (Wildman–Crippen MR) is 80.9 cm³/mol. The Kier molecular flexibility index (Phi) is 2.85. The molecule has 3 aromatic rings. The minimum absolute atomic E-state index is 0.0266. The van der Waals surface area contributed by atoms with E-state index in [-0.39, 0.29) is 11.8 Å². The van der Waals surface area contributed by atoms with Gasteiger partial charge in [-0.1, -0.05) is 11.3 Å². The molecule has 1 amide bonds. The molecule has 1 saturated carbocycles. The average molecular weight is 294 g/mol. The van der Waals surface area contributed by atoms with Gasteiger partial charge in [0.25, 0.3) is 0 Å². The van der Waals surface area contributed by atoms with Gasteiger partial charge in [-0.3, -0.25) is 9.48 Å². The van der Waals surface area contributed by atoms with Crippen molar-refractivity contribution < 1.29 is 4.79 Å². The van der Waals surface area contributed by atoms with Gasteiger partial charge in [-0.15, -0.1) is 15.3 Å². The number of nitrogens with one attached hydrogen (secondary N) is 1. The van der Waals surface area contributed by atoms with Crippen molar-refractivity contribution in [2.75, 3.05) is 5.32 Å². The monoisotopic (exact) mass is 294 g/mol. The maximum atomic E-state index is 11.8. The molecule has 1 N–H and O–H groups in total. The predicted octanol–water partition coefficient (Wildman–Crippen LogP) is 1.77. The van der Waals surface area contributed by atoms with Crippen LogP contribution in [0.5, 0.6) is 0 Å². The number of nitrogens with zero attached hydrogens (tertiary/aromatic N) is 5. The van der Waals surface area contributed by atoms with E-state index < -0.39 is 0 Å². The van der Waals surface area contributed by atoms with E-state index in [0.29, 0.717) is 5.82 Å². The summed E-state index contributed by atoms with van der Waals surface area (Å²) in [6, 6.07) is 7.63. The van der Waals surface area contributed by atoms with E-state index in [4.69, 9.17) is 0 Å². The number of anilines is 1. The maximum Gasteiger partial charge on any atom is 0.228 e. The third-order valence-electron chi connectivity index (χ3n) is 3.68. The zero-order valence-corrected chi connectivity index (χ0v) is 12.0. The SMILES string of the molecule is Cn1cc(-c2ccc3nnc(NC(=O)C4CC4)cc3c2)nn1. The van der Waals surface area contributed by atoms with Gasteiger partial charge in [0, 0.05) is 23.9 Å². The fourth-order valence-electron chi connectivity index (χ4n) is 2.32. The van der Waals surface area contributed by atoms with Crippen LogP contribution in [0, 0.1) is 5.92 Å². The highest BCUT2D eigenvalue weighted by molar-refractivity contribution is 5.95. The molecule has 1 aromatic carbocycles. The van der Waals surface area contributed by atoms with Gasteiger partial charge in [0.05, 0.1) is 11.7 Å². The number of amides is 1. The lowest BCUT2D eigenvalue weighted by Crippen LogP contribution is -2.14. The van der Waals surface area contributed by atoms with Crippen molar-refractivity contribution in [3.63, 3.8) is 0 Å². The van der Waals surface area contributed by atoms with Crippen molar-refractivity contribution in [2.24, 2.45) is 13.0 Å². The Morgan fingerprint density at radius 1 is 1.23 bits per heavy atom. The Bertz CT molecular complexity index is 867. The number of rotatable bonds is 3. The summed E-state index contributed by atoms with van der Waals surface area (Å²) in [5.74, 6) is 0.655. The van der Waals surface area contributed by atoms with Crippen molar-refractivity contribution in [3.05, 3.63) is 30.5 Å². The fourth-order valence-corrected chi connectivity index (χ4v) is 2.32. The van der Waals surface area contributed by atoms with E-state index in [1.54, 1.807) is 4.68 Å². The zero-order chi connectivity index (χ0) is 15.1. The van der Waals surface area contributed by atoms with Gasteiger partial charge < -0.3 is 5.32 Å². The molecule has 0 radical (unpaired) electrons. The van der Waals surface area contributed by atoms with Gasteiger partial charge in [0.2, 0.25) is 5.91 Å². The normalized spacial score (nSPS) is 14.2. The highest BCUT2D eigenvalue weighted by atomic mass is 16.2. The standard InChI is InChI=1S/C15H14N6O/c1-21-8-13(18-20-21)10-4-5-12-11(6-10)7-14(19-17-12)16-15(22)9-2-3-9/h4-9H,2-3H2,1H3,(H,16,19,22). The largest absolute Gasteiger partial charge is 0.309 e. The summed E-state index contributed by atoms with van der Waals surface area (Å²) >= 11 is 0. The third-order valence-corrected chi connectivity index (χ3v) is 3.68. The Balaban J connectivity index is 1.69. The summed E-state index contributed by atoms with van der Waals surface area (Å²) in [6.07, 6.45) is 3.78. The first kappa shape index (κ1) is 12.9. The van der Waals surface area contributed by atoms with E-state index in [0.717, 1.165) is 35.0 Å². The Morgan fingerprint density at radius 2 is 2.09 bits per heavy atom. The van der Waals surface area contributed by atoms with Gasteiger partial charge in [-0.25, -0.2) is 0 Å². The number of benzene rings is 1. The first-order valence-electron chi connectivity index (χ1n) is 7.14. The second-order valence-electron chi connectivity index (χ2n) is 5.54. The topological polar surface area (TPSA) is 85.6 Å². The van der Waals surface area contributed by atoms with Crippen molar-refractivity contribution >= 4 is 22.6 Å². The lowest BCUT2D eigenvalue weighted by molar-refractivity contribution is -0.117. The molecular weight excluding hydrogens is 280 g/mol. The fraction of sp³-hybridized carbons (Fsp3) is 0.267. The van der Waals surface area contributed by atoms with Crippen LogP contribution in [0.3, 0.4) is 0 Å². The molecule has 0 saturated heterocycles. The Labute approximate surface area is 126 Å². The molecule has 22 heavy (non-hydrogen) atoms. The average Bonchev–Trinajstić information content (AvgIpc) is 3.28. The van der Waals surface area contributed by atoms with Gasteiger partial charge in [0.1, 0.15) is 5.69 Å². The first-order chi connectivity index (χ1) is 10.7. The maximum absolute atomic E-state index is 11.8. The molecule has 1 aliphatic carbocycles. The van der Waals surface area contributed by atoms with Crippen LogP contribution in [0.15, 0.2) is 30.5 Å². The summed E-state index contributed by atoms with van der Waals surface area (Å²) in [7, 11) is 1.83. The minimum atomic E-state index is 0.0266. The first-order valence-corrected chi connectivity index (χ1v) is 7.14. The highest BCUT2D eigenvalue weighted by Gasteiger charge is 2.29. The molecule has 4 rings (SSSR count). The van der Waals surface area contributed by atoms with E-state index in [9.17, 15) is 4.79 Å². The van der Waals surface area contributed by atoms with E-state index >= 15 is 0 Å². The zero-order valence-electron chi connectivity index (χ0n) is 12.0.